The van der Waals surface area contributed by atoms with E-state index in [1.165, 1.54) is 12.1 Å². The van der Waals surface area contributed by atoms with E-state index in [-0.39, 0.29) is 5.82 Å². The molecular weight excluding hydrogens is 229 g/mol. The van der Waals surface area contributed by atoms with Gasteiger partial charge in [0.05, 0.1) is 5.69 Å². The molecule has 1 aromatic carbocycles. The number of nitrogens with two attached hydrogens (primary N) is 1. The summed E-state index contributed by atoms with van der Waals surface area (Å²) in [6.45, 7) is 1.03. The smallest absolute Gasteiger partial charge is 0.128 e. The first-order valence-corrected chi connectivity index (χ1v) is 5.80. The summed E-state index contributed by atoms with van der Waals surface area (Å²) in [5.41, 5.74) is 7.32. The maximum atomic E-state index is 13.1. The molecule has 2 rings (SSSR count). The van der Waals surface area contributed by atoms with Gasteiger partial charge in [-0.1, -0.05) is 18.2 Å². The van der Waals surface area contributed by atoms with Crippen LogP contribution in [0.15, 0.2) is 42.5 Å². The van der Waals surface area contributed by atoms with Crippen molar-refractivity contribution in [3.63, 3.8) is 0 Å². The van der Waals surface area contributed by atoms with Gasteiger partial charge in [0, 0.05) is 20.1 Å². The third kappa shape index (κ3) is 3.05. The maximum Gasteiger partial charge on any atom is 0.128 e. The predicted molar refractivity (Wildman–Crippen MR) is 70.6 cm³/mol. The summed E-state index contributed by atoms with van der Waals surface area (Å²) < 4.78 is 13.1. The van der Waals surface area contributed by atoms with Gasteiger partial charge in [0.25, 0.3) is 0 Å². The molecule has 0 unspecified atom stereocenters. The van der Waals surface area contributed by atoms with Crippen LogP contribution in [-0.2, 0) is 13.1 Å². The first-order valence-electron chi connectivity index (χ1n) is 5.80. The van der Waals surface area contributed by atoms with Gasteiger partial charge in [-0.2, -0.15) is 0 Å². The third-order valence-corrected chi connectivity index (χ3v) is 2.70. The molecule has 1 heterocycles. The van der Waals surface area contributed by atoms with E-state index in [9.17, 15) is 4.39 Å². The van der Waals surface area contributed by atoms with Crippen molar-refractivity contribution in [2.45, 2.75) is 13.1 Å². The zero-order valence-corrected chi connectivity index (χ0v) is 10.3. The Morgan fingerprint density at radius 3 is 2.72 bits per heavy atom. The molecule has 1 aromatic heterocycles. The standard InChI is InChI=1S/C14H16FN3/c1-18(10-11-4-2-5-12(15)8-11)14-7-3-6-13(9-16)17-14/h2-8H,9-10,16H2,1H3. The lowest BCUT2D eigenvalue weighted by Gasteiger charge is -2.18. The van der Waals surface area contributed by atoms with E-state index in [1.807, 2.05) is 36.2 Å². The van der Waals surface area contributed by atoms with Gasteiger partial charge < -0.3 is 10.6 Å². The van der Waals surface area contributed by atoms with Crippen LogP contribution in [0.2, 0.25) is 0 Å². The molecular formula is C14H16FN3. The zero-order chi connectivity index (χ0) is 13.0. The van der Waals surface area contributed by atoms with Gasteiger partial charge in [0.2, 0.25) is 0 Å². The predicted octanol–water partition coefficient (Wildman–Crippen LogP) is 2.32. The Morgan fingerprint density at radius 2 is 2.00 bits per heavy atom. The Morgan fingerprint density at radius 1 is 1.22 bits per heavy atom. The normalized spacial score (nSPS) is 10.4. The lowest BCUT2D eigenvalue weighted by molar-refractivity contribution is 0.625. The van der Waals surface area contributed by atoms with Crippen LogP contribution in [0.5, 0.6) is 0 Å². The molecule has 0 bridgehead atoms. The highest BCUT2D eigenvalue weighted by Gasteiger charge is 2.04. The second-order valence-electron chi connectivity index (χ2n) is 4.18. The fraction of sp³-hybridized carbons (Fsp3) is 0.214. The molecule has 0 amide bonds. The number of rotatable bonds is 4. The lowest BCUT2D eigenvalue weighted by atomic mass is 10.2. The molecule has 2 aromatic rings. The molecule has 94 valence electrons. The van der Waals surface area contributed by atoms with Gasteiger partial charge >= 0.3 is 0 Å². The summed E-state index contributed by atoms with van der Waals surface area (Å²) in [4.78, 5) is 6.38. The van der Waals surface area contributed by atoms with E-state index in [1.54, 1.807) is 6.07 Å². The van der Waals surface area contributed by atoms with Gasteiger partial charge in [-0.3, -0.25) is 0 Å². The van der Waals surface area contributed by atoms with Gasteiger partial charge in [0.1, 0.15) is 11.6 Å². The van der Waals surface area contributed by atoms with Gasteiger partial charge in [0.15, 0.2) is 0 Å². The number of benzene rings is 1. The molecule has 0 aliphatic carbocycles. The fourth-order valence-electron chi connectivity index (χ4n) is 1.78. The van der Waals surface area contributed by atoms with Crippen LogP contribution >= 0.6 is 0 Å². The molecule has 4 heteroatoms. The SMILES string of the molecule is CN(Cc1cccc(F)c1)c1cccc(CN)n1. The van der Waals surface area contributed by atoms with Crippen LogP contribution in [0.25, 0.3) is 0 Å². The summed E-state index contributed by atoms with van der Waals surface area (Å²) in [7, 11) is 1.92. The van der Waals surface area contributed by atoms with Crippen LogP contribution in [0.1, 0.15) is 11.3 Å². The van der Waals surface area contributed by atoms with E-state index in [0.29, 0.717) is 13.1 Å². The lowest BCUT2D eigenvalue weighted by Crippen LogP contribution is -2.18. The van der Waals surface area contributed by atoms with Crippen LogP contribution in [0.4, 0.5) is 10.2 Å². The summed E-state index contributed by atoms with van der Waals surface area (Å²) >= 11 is 0. The summed E-state index contributed by atoms with van der Waals surface area (Å²) in [6.07, 6.45) is 0. The first-order chi connectivity index (χ1) is 8.69. The minimum atomic E-state index is -0.218. The molecule has 0 aliphatic rings. The monoisotopic (exact) mass is 245 g/mol. The van der Waals surface area contributed by atoms with Crippen molar-refractivity contribution in [1.82, 2.24) is 4.98 Å². The van der Waals surface area contributed by atoms with Crippen LogP contribution < -0.4 is 10.6 Å². The quantitative estimate of drug-likeness (QED) is 0.898. The highest BCUT2D eigenvalue weighted by Crippen LogP contribution is 2.13. The molecule has 3 nitrogen and oxygen atoms in total. The zero-order valence-electron chi connectivity index (χ0n) is 10.3. The van der Waals surface area contributed by atoms with Crippen molar-refractivity contribution < 1.29 is 4.39 Å². The van der Waals surface area contributed by atoms with E-state index in [2.05, 4.69) is 4.98 Å². The summed E-state index contributed by atoms with van der Waals surface area (Å²) in [5.74, 6) is 0.617. The number of nitrogens with zero attached hydrogens (tertiary/aromatic N) is 2. The van der Waals surface area contributed by atoms with E-state index >= 15 is 0 Å². The van der Waals surface area contributed by atoms with Crippen molar-refractivity contribution in [2.75, 3.05) is 11.9 Å². The Labute approximate surface area is 106 Å². The molecule has 0 aliphatic heterocycles. The Hall–Kier alpha value is -1.94. The van der Waals surface area contributed by atoms with E-state index in [4.69, 9.17) is 5.73 Å². The summed E-state index contributed by atoms with van der Waals surface area (Å²) in [5, 5.41) is 0. The largest absolute Gasteiger partial charge is 0.355 e. The Kier molecular flexibility index (Phi) is 3.89. The van der Waals surface area contributed by atoms with Gasteiger partial charge in [-0.05, 0) is 29.8 Å². The van der Waals surface area contributed by atoms with Crippen molar-refractivity contribution in [3.05, 3.63) is 59.5 Å². The molecule has 0 saturated heterocycles. The van der Waals surface area contributed by atoms with Gasteiger partial charge in [-0.15, -0.1) is 0 Å². The number of hydrogen-bond acceptors (Lipinski definition) is 3. The van der Waals surface area contributed by atoms with Crippen molar-refractivity contribution in [2.24, 2.45) is 5.73 Å². The van der Waals surface area contributed by atoms with Crippen LogP contribution in [0, 0.1) is 5.82 Å². The van der Waals surface area contributed by atoms with E-state index < -0.39 is 0 Å². The van der Waals surface area contributed by atoms with Crippen molar-refractivity contribution >= 4 is 5.82 Å². The van der Waals surface area contributed by atoms with Crippen LogP contribution in [0.3, 0.4) is 0 Å². The number of halogens is 1. The number of pyridine rings is 1. The molecule has 0 fully saturated rings. The summed E-state index contributed by atoms with van der Waals surface area (Å²) in [6, 6.07) is 12.3. The average Bonchev–Trinajstić information content (AvgIpc) is 2.39. The fourth-order valence-corrected chi connectivity index (χ4v) is 1.78. The maximum absolute atomic E-state index is 13.1. The number of hydrogen-bond donors (Lipinski definition) is 1. The van der Waals surface area contributed by atoms with Crippen molar-refractivity contribution in [1.29, 1.82) is 0 Å². The Balaban J connectivity index is 2.13. The highest BCUT2D eigenvalue weighted by molar-refractivity contribution is 5.39. The number of anilines is 1. The second kappa shape index (κ2) is 5.60. The highest BCUT2D eigenvalue weighted by atomic mass is 19.1. The first kappa shape index (κ1) is 12.5. The molecule has 2 N–H and O–H groups in total. The molecule has 18 heavy (non-hydrogen) atoms. The average molecular weight is 245 g/mol. The second-order valence-corrected chi connectivity index (χ2v) is 4.18. The molecule has 0 atom stereocenters. The van der Waals surface area contributed by atoms with E-state index in [0.717, 1.165) is 17.1 Å². The number of aromatic nitrogens is 1. The molecule has 0 radical (unpaired) electrons. The Bertz CT molecular complexity index is 528. The van der Waals surface area contributed by atoms with Gasteiger partial charge in [-0.25, -0.2) is 9.37 Å². The van der Waals surface area contributed by atoms with Crippen LogP contribution in [-0.4, -0.2) is 12.0 Å². The minimum absolute atomic E-state index is 0.218. The third-order valence-electron chi connectivity index (χ3n) is 2.70. The molecule has 0 spiro atoms. The minimum Gasteiger partial charge on any atom is -0.355 e. The van der Waals surface area contributed by atoms with Crippen molar-refractivity contribution in [3.8, 4) is 0 Å². The molecule has 0 saturated carbocycles. The topological polar surface area (TPSA) is 42.1 Å².